The Morgan fingerprint density at radius 2 is 1.37 bits per heavy atom. The second kappa shape index (κ2) is 11.8. The molecule has 0 bridgehead atoms. The number of nitrogens with two attached hydrogens (primary N) is 2. The van der Waals surface area contributed by atoms with Crippen molar-refractivity contribution in [2.45, 2.75) is 22.8 Å². The molecule has 1 fully saturated rings. The normalized spacial score (nSPS) is 15.4. The van der Waals surface area contributed by atoms with E-state index in [2.05, 4.69) is 45.2 Å². The molecule has 0 radical (unpaired) electrons. The van der Waals surface area contributed by atoms with Crippen LogP contribution in [0.2, 0.25) is 0 Å². The van der Waals surface area contributed by atoms with E-state index in [0.717, 1.165) is 67.0 Å². The van der Waals surface area contributed by atoms with E-state index in [0.29, 0.717) is 0 Å². The lowest BCUT2D eigenvalue weighted by atomic mass is 9.96. The monoisotopic (exact) mass is 594 g/mol. The van der Waals surface area contributed by atoms with Gasteiger partial charge in [-0.25, -0.2) is 27.1 Å². The predicted molar refractivity (Wildman–Crippen MR) is 160 cm³/mol. The zero-order chi connectivity index (χ0) is 29.2. The summed E-state index contributed by atoms with van der Waals surface area (Å²) in [5, 5.41) is 15.3. The molecule has 0 saturated carbocycles. The fourth-order valence-corrected chi connectivity index (χ4v) is 6.33. The molecule has 0 unspecified atom stereocenters. The fraction of sp³-hybridized carbons (Fsp3) is 0.276. The third kappa shape index (κ3) is 6.92. The van der Waals surface area contributed by atoms with Gasteiger partial charge in [0.25, 0.3) is 0 Å². The molecule has 1 saturated heterocycles. The number of hydrogen-bond donors (Lipinski definition) is 3. The molecule has 3 aromatic carbocycles. The zero-order valence-electron chi connectivity index (χ0n) is 22.8. The van der Waals surface area contributed by atoms with Crippen molar-refractivity contribution >= 4 is 36.6 Å². The molecular weight excluding hydrogens is 560 g/mol. The Hall–Kier alpha value is -3.39. The number of rotatable bonds is 9. The standard InChI is InChI=1S/C29H34N6O4S2/c1-21-2-11-26-27(12-13-32-28(26)20-21)33-14-15-34-16-18-35(19-17-34)29(22-3-7-24(8-4-22)40(30,36)37)23-5-9-25(10-6-23)41(31,38)39/h2-13,20,29H,14-19H2,1H3,(H,32,33)(H2,30,36,37)(H2,31,38,39). The van der Waals surface area contributed by atoms with Gasteiger partial charge in [0.1, 0.15) is 0 Å². The molecule has 0 atom stereocenters. The van der Waals surface area contributed by atoms with Gasteiger partial charge in [-0.3, -0.25) is 14.8 Å². The minimum absolute atomic E-state index is 0.0407. The fourth-order valence-electron chi connectivity index (χ4n) is 5.30. The summed E-state index contributed by atoms with van der Waals surface area (Å²) in [7, 11) is -7.64. The highest BCUT2D eigenvalue weighted by atomic mass is 32.2. The SMILES string of the molecule is Cc1ccc2c(NCCN3CCN(C(c4ccc(S(N)(=O)=O)cc4)c4ccc(S(N)(=O)=O)cc4)CC3)ccnc2c1. The molecular formula is C29H34N6O4S2. The first-order valence-electron chi connectivity index (χ1n) is 13.3. The van der Waals surface area contributed by atoms with Crippen molar-refractivity contribution in [2.75, 3.05) is 44.6 Å². The van der Waals surface area contributed by atoms with Gasteiger partial charge in [0, 0.05) is 56.5 Å². The van der Waals surface area contributed by atoms with Crippen LogP contribution in [0.1, 0.15) is 22.7 Å². The van der Waals surface area contributed by atoms with Crippen LogP contribution < -0.4 is 15.6 Å². The maximum atomic E-state index is 11.8. The summed E-state index contributed by atoms with van der Waals surface area (Å²) < 4.78 is 47.2. The number of pyridine rings is 1. The van der Waals surface area contributed by atoms with Gasteiger partial charge in [-0.15, -0.1) is 0 Å². The average Bonchev–Trinajstić information content (AvgIpc) is 2.93. The van der Waals surface area contributed by atoms with E-state index >= 15 is 0 Å². The maximum absolute atomic E-state index is 11.8. The second-order valence-electron chi connectivity index (χ2n) is 10.3. The van der Waals surface area contributed by atoms with Crippen molar-refractivity contribution in [1.82, 2.24) is 14.8 Å². The van der Waals surface area contributed by atoms with E-state index in [1.807, 2.05) is 12.3 Å². The molecule has 0 spiro atoms. The Labute approximate surface area is 241 Å². The van der Waals surface area contributed by atoms with Crippen molar-refractivity contribution in [2.24, 2.45) is 10.3 Å². The van der Waals surface area contributed by atoms with Crippen LogP contribution in [-0.4, -0.2) is 70.9 Å². The van der Waals surface area contributed by atoms with E-state index in [1.165, 1.54) is 29.8 Å². The number of fused-ring (bicyclic) bond motifs is 1. The third-order valence-corrected chi connectivity index (χ3v) is 9.32. The van der Waals surface area contributed by atoms with Gasteiger partial charge < -0.3 is 5.32 Å². The van der Waals surface area contributed by atoms with Crippen LogP contribution in [0.15, 0.2) is 88.8 Å². The van der Waals surface area contributed by atoms with Crippen molar-refractivity contribution in [3.05, 3.63) is 95.7 Å². The zero-order valence-corrected chi connectivity index (χ0v) is 24.4. The quantitative estimate of drug-likeness (QED) is 0.268. The van der Waals surface area contributed by atoms with Gasteiger partial charge in [0.15, 0.2) is 0 Å². The molecule has 4 aromatic rings. The van der Waals surface area contributed by atoms with Gasteiger partial charge in [-0.1, -0.05) is 36.4 Å². The highest BCUT2D eigenvalue weighted by molar-refractivity contribution is 7.89. The first kappa shape index (κ1) is 29.1. The van der Waals surface area contributed by atoms with Crippen molar-refractivity contribution < 1.29 is 16.8 Å². The molecule has 0 amide bonds. The molecule has 5 N–H and O–H groups in total. The lowest BCUT2D eigenvalue weighted by Gasteiger charge is -2.40. The minimum Gasteiger partial charge on any atom is -0.383 e. The van der Waals surface area contributed by atoms with Crippen LogP contribution in [0.4, 0.5) is 5.69 Å². The van der Waals surface area contributed by atoms with Crippen molar-refractivity contribution in [3.63, 3.8) is 0 Å². The van der Waals surface area contributed by atoms with Crippen LogP contribution in [0.25, 0.3) is 10.9 Å². The van der Waals surface area contributed by atoms with E-state index in [9.17, 15) is 16.8 Å². The predicted octanol–water partition coefficient (Wildman–Crippen LogP) is 2.66. The van der Waals surface area contributed by atoms with Crippen molar-refractivity contribution in [3.8, 4) is 0 Å². The number of nitrogens with zero attached hydrogens (tertiary/aromatic N) is 3. The smallest absolute Gasteiger partial charge is 0.238 e. The Kier molecular flexibility index (Phi) is 8.41. The van der Waals surface area contributed by atoms with Gasteiger partial charge >= 0.3 is 0 Å². The molecule has 0 aliphatic carbocycles. The summed E-state index contributed by atoms with van der Waals surface area (Å²) in [5.41, 5.74) is 4.99. The lowest BCUT2D eigenvalue weighted by Crippen LogP contribution is -2.48. The summed E-state index contributed by atoms with van der Waals surface area (Å²) in [4.78, 5) is 9.29. The first-order chi connectivity index (χ1) is 19.5. The molecule has 1 aromatic heterocycles. The minimum atomic E-state index is -3.82. The summed E-state index contributed by atoms with van der Waals surface area (Å²) in [5.74, 6) is 0. The van der Waals surface area contributed by atoms with Crippen LogP contribution in [-0.2, 0) is 20.0 Å². The topological polar surface area (TPSA) is 152 Å². The Morgan fingerprint density at radius 1 is 0.805 bits per heavy atom. The van der Waals surface area contributed by atoms with Gasteiger partial charge in [-0.2, -0.15) is 0 Å². The van der Waals surface area contributed by atoms with Crippen LogP contribution in [0.5, 0.6) is 0 Å². The highest BCUT2D eigenvalue weighted by Crippen LogP contribution is 2.31. The Bertz CT molecular complexity index is 1660. The summed E-state index contributed by atoms with van der Waals surface area (Å²) in [6.45, 7) is 6.97. The van der Waals surface area contributed by atoms with Gasteiger partial charge in [-0.05, 0) is 60.0 Å². The number of benzene rings is 3. The molecule has 10 nitrogen and oxygen atoms in total. The third-order valence-electron chi connectivity index (χ3n) is 7.46. The molecule has 5 rings (SSSR count). The first-order valence-corrected chi connectivity index (χ1v) is 16.4. The maximum Gasteiger partial charge on any atom is 0.238 e. The number of hydrogen-bond acceptors (Lipinski definition) is 8. The van der Waals surface area contributed by atoms with E-state index < -0.39 is 20.0 Å². The largest absolute Gasteiger partial charge is 0.383 e. The molecule has 216 valence electrons. The molecule has 1 aliphatic rings. The number of sulfonamides is 2. The average molecular weight is 595 g/mol. The second-order valence-corrected chi connectivity index (χ2v) is 13.4. The number of anilines is 1. The van der Waals surface area contributed by atoms with Crippen LogP contribution >= 0.6 is 0 Å². The number of nitrogens with one attached hydrogen (secondary N) is 1. The van der Waals surface area contributed by atoms with Gasteiger partial charge in [0.05, 0.1) is 21.3 Å². The molecule has 41 heavy (non-hydrogen) atoms. The summed E-state index contributed by atoms with van der Waals surface area (Å²) >= 11 is 0. The molecule has 1 aliphatic heterocycles. The van der Waals surface area contributed by atoms with Crippen LogP contribution in [0.3, 0.4) is 0 Å². The number of piperazine rings is 1. The van der Waals surface area contributed by atoms with E-state index in [1.54, 1.807) is 24.3 Å². The highest BCUT2D eigenvalue weighted by Gasteiger charge is 2.27. The van der Waals surface area contributed by atoms with E-state index in [-0.39, 0.29) is 15.8 Å². The Morgan fingerprint density at radius 3 is 1.90 bits per heavy atom. The Balaban J connectivity index is 1.28. The molecule has 12 heteroatoms. The lowest BCUT2D eigenvalue weighted by molar-refractivity contribution is 0.112. The summed E-state index contributed by atoms with van der Waals surface area (Å²) in [6.07, 6.45) is 1.83. The van der Waals surface area contributed by atoms with E-state index in [4.69, 9.17) is 10.3 Å². The molecule has 2 heterocycles. The van der Waals surface area contributed by atoms with Gasteiger partial charge in [0.2, 0.25) is 20.0 Å². The van der Waals surface area contributed by atoms with Crippen molar-refractivity contribution in [1.29, 1.82) is 0 Å². The number of aryl methyl sites for hydroxylation is 1. The summed E-state index contributed by atoms with van der Waals surface area (Å²) in [6, 6.07) is 21.1. The number of aromatic nitrogens is 1. The number of primary sulfonamides is 2. The van der Waals surface area contributed by atoms with Crippen LogP contribution in [0, 0.1) is 6.92 Å².